The van der Waals surface area contributed by atoms with E-state index in [1.165, 1.54) is 16.7 Å². The van der Waals surface area contributed by atoms with Gasteiger partial charge in [0.05, 0.1) is 12.2 Å². The highest BCUT2D eigenvalue weighted by molar-refractivity contribution is 7.90. The van der Waals surface area contributed by atoms with Crippen LogP contribution in [0, 0.1) is 12.8 Å². The molecule has 0 saturated heterocycles. The van der Waals surface area contributed by atoms with Crippen LogP contribution in [0.25, 0.3) is 0 Å². The lowest BCUT2D eigenvalue weighted by Crippen LogP contribution is -2.53. The molecule has 4 aliphatic rings. The number of aryl methyl sites for hydroxylation is 1. The van der Waals surface area contributed by atoms with Gasteiger partial charge in [0.15, 0.2) is 12.3 Å². The Balaban J connectivity index is 1.50. The molecule has 2 saturated carbocycles. The van der Waals surface area contributed by atoms with Gasteiger partial charge < -0.3 is 4.52 Å². The number of allylic oxidation sites excluding steroid dienone is 1. The first-order chi connectivity index (χ1) is 16.5. The number of carbonyl (C=O) groups excluding carboxylic acids is 3. The molecule has 1 aliphatic heterocycles. The second-order valence-corrected chi connectivity index (χ2v) is 12.0. The summed E-state index contributed by atoms with van der Waals surface area (Å²) >= 11 is 0. The fourth-order valence-electron chi connectivity index (χ4n) is 4.78. The summed E-state index contributed by atoms with van der Waals surface area (Å²) < 4.78 is 35.5. The number of fused-ring (bicyclic) bond motifs is 1. The van der Waals surface area contributed by atoms with E-state index in [1.807, 2.05) is 6.92 Å². The van der Waals surface area contributed by atoms with Crippen LogP contribution in [0.2, 0.25) is 0 Å². The van der Waals surface area contributed by atoms with E-state index in [2.05, 4.69) is 9.88 Å². The third-order valence-corrected chi connectivity index (χ3v) is 8.91. The van der Waals surface area contributed by atoms with Gasteiger partial charge in [-0.15, -0.1) is 4.90 Å². The lowest BCUT2D eigenvalue weighted by Gasteiger charge is -2.28. The first-order valence-electron chi connectivity index (χ1n) is 11.9. The number of carbonyl (C=O) groups is 3. The molecule has 5 rings (SSSR count). The molecule has 2 fully saturated rings. The van der Waals surface area contributed by atoms with E-state index in [1.54, 1.807) is 19.1 Å². The van der Waals surface area contributed by atoms with Gasteiger partial charge in [-0.1, -0.05) is 11.2 Å². The van der Waals surface area contributed by atoms with Crippen LogP contribution in [0.15, 0.2) is 34.4 Å². The molecule has 0 spiro atoms. The summed E-state index contributed by atoms with van der Waals surface area (Å²) in [5.74, 6) is 0.116. The minimum atomic E-state index is -3.76. The van der Waals surface area contributed by atoms with Crippen molar-refractivity contribution in [3.05, 3.63) is 41.3 Å². The van der Waals surface area contributed by atoms with E-state index < -0.39 is 32.8 Å². The number of imide groups is 1. The molecular weight excluding hydrogens is 472 g/mol. The number of aromatic nitrogens is 1. The number of hydrogen-bond donors (Lipinski definition) is 1. The quantitative estimate of drug-likeness (QED) is 0.566. The molecule has 1 unspecified atom stereocenters. The minimum Gasteiger partial charge on any atom is -0.357 e. The van der Waals surface area contributed by atoms with Crippen LogP contribution in [-0.2, 0) is 26.2 Å². The molecule has 3 aliphatic carbocycles. The second kappa shape index (κ2) is 8.63. The fraction of sp³-hybridized carbons (Fsp3) is 0.542. The number of Topliss-reactive ketones (excluding diaryl/α,β-unsaturated/α-hetero) is 1. The van der Waals surface area contributed by atoms with Crippen molar-refractivity contribution in [1.82, 2.24) is 14.8 Å². The zero-order chi connectivity index (χ0) is 25.0. The Morgan fingerprint density at radius 2 is 1.94 bits per heavy atom. The number of nitrogens with one attached hydrogen (secondary N) is 1. The molecule has 1 aromatic heterocycles. The van der Waals surface area contributed by atoms with Gasteiger partial charge >= 0.3 is 11.9 Å². The molecule has 2 heterocycles. The standard InChI is InChI=1S/C24H29N4O6S/c1-15-11-18(34-25-15)14-28-22(30)20-12-19(35(32,33)26-24(2)9-10-24)7-8-21(20)27(23(28)31)13-16-3-5-17(29)6-4-16/h7-8,11-12,16,19,26H,3-6,9-10,13-14H2,1-2H3/q+1. The van der Waals surface area contributed by atoms with E-state index in [4.69, 9.17) is 4.52 Å². The summed E-state index contributed by atoms with van der Waals surface area (Å²) in [6.45, 7) is 3.83. The molecule has 35 heavy (non-hydrogen) atoms. The summed E-state index contributed by atoms with van der Waals surface area (Å²) in [7, 11) is -3.76. The van der Waals surface area contributed by atoms with Gasteiger partial charge in [-0.25, -0.2) is 17.9 Å². The van der Waals surface area contributed by atoms with Gasteiger partial charge in [-0.05, 0) is 57.6 Å². The number of amides is 3. The zero-order valence-corrected chi connectivity index (χ0v) is 20.6. The van der Waals surface area contributed by atoms with Gasteiger partial charge in [0.25, 0.3) is 0 Å². The molecule has 1 aromatic rings. The summed E-state index contributed by atoms with van der Waals surface area (Å²) in [5.41, 5.74) is 0.749. The van der Waals surface area contributed by atoms with E-state index in [0.29, 0.717) is 49.4 Å². The number of urea groups is 1. The van der Waals surface area contributed by atoms with Gasteiger partial charge in [-0.3, -0.25) is 4.79 Å². The average molecular weight is 502 g/mol. The fourth-order valence-corrected chi connectivity index (χ4v) is 6.40. The number of sulfonamides is 1. The summed E-state index contributed by atoms with van der Waals surface area (Å²) in [6, 6.07) is 1.15. The highest BCUT2D eigenvalue weighted by Crippen LogP contribution is 2.36. The third-order valence-electron chi connectivity index (χ3n) is 7.12. The molecule has 0 bridgehead atoms. The monoisotopic (exact) mass is 501 g/mol. The highest BCUT2D eigenvalue weighted by atomic mass is 32.2. The first kappa shape index (κ1) is 23.8. The lowest BCUT2D eigenvalue weighted by molar-refractivity contribution is -0.446. The molecule has 1 N–H and O–H groups in total. The number of rotatable bonds is 7. The Bertz CT molecular complexity index is 1290. The average Bonchev–Trinajstić information content (AvgIpc) is 3.38. The van der Waals surface area contributed by atoms with E-state index >= 15 is 0 Å². The van der Waals surface area contributed by atoms with Crippen LogP contribution in [0.1, 0.15) is 56.9 Å². The molecule has 0 radical (unpaired) electrons. The number of nitrogens with zero attached hydrogens (tertiary/aromatic N) is 3. The maximum Gasteiger partial charge on any atom is 0.501 e. The molecule has 3 amide bonds. The zero-order valence-electron chi connectivity index (χ0n) is 19.8. The first-order valence-corrected chi connectivity index (χ1v) is 13.5. The second-order valence-electron chi connectivity index (χ2n) is 10.2. The minimum absolute atomic E-state index is 0.110. The molecule has 186 valence electrons. The Kier molecular flexibility index (Phi) is 5.87. The van der Waals surface area contributed by atoms with Crippen molar-refractivity contribution in [2.24, 2.45) is 5.92 Å². The van der Waals surface area contributed by atoms with Crippen LogP contribution in [0.4, 0.5) is 4.79 Å². The molecule has 10 nitrogen and oxygen atoms in total. The smallest absolute Gasteiger partial charge is 0.357 e. The normalized spacial score (nSPS) is 24.6. The van der Waals surface area contributed by atoms with Crippen molar-refractivity contribution in [3.63, 3.8) is 0 Å². The molecular formula is C24H29N4O6S+. The van der Waals surface area contributed by atoms with Crippen molar-refractivity contribution < 1.29 is 31.9 Å². The Hall–Kier alpha value is -2.92. The third kappa shape index (κ3) is 4.79. The van der Waals surface area contributed by atoms with E-state index in [-0.39, 0.29) is 23.8 Å². The SMILES string of the molecule is Cc1cc(CN2C(=O)C3=CC(S(=O)(=O)NC4(C)CC4)C=CC3=[N+](CC3CCC(=O)CC3)C2=O)on1. The van der Waals surface area contributed by atoms with Crippen LogP contribution >= 0.6 is 0 Å². The van der Waals surface area contributed by atoms with Crippen molar-refractivity contribution in [1.29, 1.82) is 0 Å². The van der Waals surface area contributed by atoms with Gasteiger partial charge in [0, 0.05) is 24.4 Å². The molecule has 1 atom stereocenters. The van der Waals surface area contributed by atoms with Crippen molar-refractivity contribution in [2.75, 3.05) is 6.54 Å². The summed E-state index contributed by atoms with van der Waals surface area (Å²) in [5, 5.41) is 2.80. The molecule has 11 heteroatoms. The Morgan fingerprint density at radius 3 is 2.57 bits per heavy atom. The van der Waals surface area contributed by atoms with Gasteiger partial charge in [0.2, 0.25) is 10.0 Å². The molecule has 0 aromatic carbocycles. The van der Waals surface area contributed by atoms with Crippen molar-refractivity contribution >= 4 is 33.5 Å². The Labute approximate surface area is 203 Å². The maximum atomic E-state index is 13.5. The van der Waals surface area contributed by atoms with Crippen LogP contribution in [-0.4, -0.2) is 63.8 Å². The largest absolute Gasteiger partial charge is 0.501 e. The van der Waals surface area contributed by atoms with Crippen LogP contribution in [0.3, 0.4) is 0 Å². The van der Waals surface area contributed by atoms with Gasteiger partial charge in [0.1, 0.15) is 22.3 Å². The predicted octanol–water partition coefficient (Wildman–Crippen LogP) is 1.99. The lowest BCUT2D eigenvalue weighted by atomic mass is 9.88. The van der Waals surface area contributed by atoms with Crippen molar-refractivity contribution in [3.8, 4) is 0 Å². The van der Waals surface area contributed by atoms with Crippen LogP contribution < -0.4 is 4.72 Å². The number of hydrogen-bond acceptors (Lipinski definition) is 7. The number of ketones is 1. The summed E-state index contributed by atoms with van der Waals surface area (Å²) in [6.07, 6.45) is 8.35. The van der Waals surface area contributed by atoms with Gasteiger partial charge in [-0.2, -0.15) is 9.37 Å². The summed E-state index contributed by atoms with van der Waals surface area (Å²) in [4.78, 5) is 39.7. The topological polar surface area (TPSA) is 130 Å². The van der Waals surface area contributed by atoms with E-state index in [0.717, 1.165) is 17.7 Å². The van der Waals surface area contributed by atoms with Crippen molar-refractivity contribution in [2.45, 2.75) is 69.7 Å². The maximum absolute atomic E-state index is 13.5. The van der Waals surface area contributed by atoms with E-state index in [9.17, 15) is 22.8 Å². The highest BCUT2D eigenvalue weighted by Gasteiger charge is 2.48. The predicted molar refractivity (Wildman–Crippen MR) is 125 cm³/mol. The Morgan fingerprint density at radius 1 is 1.23 bits per heavy atom. The van der Waals surface area contributed by atoms with Crippen LogP contribution in [0.5, 0.6) is 0 Å².